The highest BCUT2D eigenvalue weighted by Crippen LogP contribution is 2.43. The molecule has 0 atom stereocenters. The monoisotopic (exact) mass is 746 g/mol. The summed E-state index contributed by atoms with van der Waals surface area (Å²) in [5.41, 5.74) is -1.66. The second kappa shape index (κ2) is 12.5. The van der Waals surface area contributed by atoms with Gasteiger partial charge in [-0.3, -0.25) is 0 Å². The number of benzene rings is 9. The maximum atomic E-state index is 10.3. The van der Waals surface area contributed by atoms with Crippen LogP contribution in [-0.4, -0.2) is 13.7 Å². The average Bonchev–Trinajstić information content (AvgIpc) is 4.29. The predicted molar refractivity (Wildman–Crippen MR) is 240 cm³/mol. The first-order valence-corrected chi connectivity index (χ1v) is 17.9. The molecule has 0 saturated heterocycles. The molecule has 12 rings (SSSR count). The minimum atomic E-state index is -0.855. The van der Waals surface area contributed by atoms with Gasteiger partial charge in [0.05, 0.1) is 67.6 Å². The van der Waals surface area contributed by atoms with Crippen LogP contribution in [0.2, 0.25) is 0 Å². The summed E-state index contributed by atoms with van der Waals surface area (Å²) < 4.78 is 200. The smallest absolute Gasteiger partial charge is 0.0652 e. The van der Waals surface area contributed by atoms with Crippen LogP contribution in [-0.2, 0) is 0 Å². The summed E-state index contributed by atoms with van der Waals surface area (Å²) in [7, 11) is 0. The van der Waals surface area contributed by atoms with Crippen LogP contribution in [0.5, 0.6) is 0 Å². The molecule has 12 aromatic rings. The molecule has 0 spiro atoms. The Morgan fingerprint density at radius 1 is 0.316 bits per heavy atom. The van der Waals surface area contributed by atoms with Crippen molar-refractivity contribution in [1.82, 2.24) is 13.7 Å². The van der Waals surface area contributed by atoms with Gasteiger partial charge in [0.1, 0.15) is 0 Å². The summed E-state index contributed by atoms with van der Waals surface area (Å²) in [5, 5.41) is -1.87. The summed E-state index contributed by atoms with van der Waals surface area (Å²) >= 11 is 0. The molecular weight excluding hydrogens is 691 g/mol. The maximum Gasteiger partial charge on any atom is 0.0652 e. The molecular formula is C54H35N3. The zero-order valence-corrected chi connectivity index (χ0v) is 29.4. The van der Waals surface area contributed by atoms with Gasteiger partial charge in [0.2, 0.25) is 0 Å². The van der Waals surface area contributed by atoms with Gasteiger partial charge in [-0.1, -0.05) is 145 Å². The molecule has 0 amide bonds. The lowest BCUT2D eigenvalue weighted by molar-refractivity contribution is 1.16. The predicted octanol–water partition coefficient (Wildman–Crippen LogP) is 14.3. The Morgan fingerprint density at radius 3 is 1.56 bits per heavy atom. The van der Waals surface area contributed by atoms with Crippen molar-refractivity contribution < 1.29 is 28.8 Å². The van der Waals surface area contributed by atoms with Crippen molar-refractivity contribution in [2.24, 2.45) is 0 Å². The highest BCUT2D eigenvalue weighted by molar-refractivity contribution is 6.16. The first-order chi connectivity index (χ1) is 37.1. The van der Waals surface area contributed by atoms with Crippen LogP contribution in [0, 0.1) is 0 Å². The Morgan fingerprint density at radius 2 is 0.842 bits per heavy atom. The molecule has 3 heterocycles. The van der Waals surface area contributed by atoms with Crippen molar-refractivity contribution in [2.75, 3.05) is 0 Å². The molecule has 0 unspecified atom stereocenters. The van der Waals surface area contributed by atoms with E-state index in [1.807, 2.05) is 0 Å². The van der Waals surface area contributed by atoms with E-state index in [1.165, 1.54) is 9.13 Å². The van der Waals surface area contributed by atoms with Crippen molar-refractivity contribution in [3.8, 4) is 39.3 Å². The second-order valence-electron chi connectivity index (χ2n) is 13.3. The fourth-order valence-electron chi connectivity index (χ4n) is 7.84. The van der Waals surface area contributed by atoms with Gasteiger partial charge >= 0.3 is 0 Å². The van der Waals surface area contributed by atoms with Crippen LogP contribution in [0.3, 0.4) is 0 Å². The van der Waals surface area contributed by atoms with Crippen LogP contribution in [0.1, 0.15) is 28.8 Å². The minimum Gasteiger partial charge on any atom is -0.309 e. The number of aromatic nitrogens is 3. The summed E-state index contributed by atoms with van der Waals surface area (Å²) in [6.45, 7) is 0. The molecule has 266 valence electrons. The average molecular weight is 747 g/mol. The van der Waals surface area contributed by atoms with Gasteiger partial charge in [-0.2, -0.15) is 0 Å². The zero-order chi connectivity index (χ0) is 55.7. The molecule has 0 saturated carbocycles. The van der Waals surface area contributed by atoms with Crippen LogP contribution in [0.15, 0.2) is 212 Å². The summed E-state index contributed by atoms with van der Waals surface area (Å²) in [4.78, 5) is 0. The van der Waals surface area contributed by atoms with Gasteiger partial charge in [-0.15, -0.1) is 0 Å². The summed E-state index contributed by atoms with van der Waals surface area (Å²) in [6.07, 6.45) is 0. The second-order valence-corrected chi connectivity index (χ2v) is 13.3. The fraction of sp³-hybridized carbons (Fsp3) is 0. The molecule has 0 aliphatic heterocycles. The largest absolute Gasteiger partial charge is 0.309 e. The number of nitrogens with zero attached hydrogens (tertiary/aromatic N) is 3. The van der Waals surface area contributed by atoms with Gasteiger partial charge in [-0.25, -0.2) is 0 Å². The van der Waals surface area contributed by atoms with E-state index in [1.54, 1.807) is 84.9 Å². The topological polar surface area (TPSA) is 14.8 Å². The van der Waals surface area contributed by atoms with E-state index in [-0.39, 0.29) is 49.3 Å². The lowest BCUT2D eigenvalue weighted by Crippen LogP contribution is -1.98. The van der Waals surface area contributed by atoms with Crippen molar-refractivity contribution in [2.45, 2.75) is 0 Å². The molecule has 9 aromatic carbocycles. The fourth-order valence-corrected chi connectivity index (χ4v) is 7.84. The quantitative estimate of drug-likeness (QED) is 0.167. The first kappa shape index (κ1) is 17.5. The summed E-state index contributed by atoms with van der Waals surface area (Å²) in [6, 6.07) is 9.13. The molecule has 3 heteroatoms. The third-order valence-corrected chi connectivity index (χ3v) is 10.2. The molecule has 0 aliphatic rings. The van der Waals surface area contributed by atoms with E-state index in [2.05, 4.69) is 0 Å². The van der Waals surface area contributed by atoms with E-state index < -0.39 is 166 Å². The van der Waals surface area contributed by atoms with E-state index in [0.29, 0.717) is 16.8 Å². The Labute approximate surface area is 359 Å². The molecule has 0 aliphatic carbocycles. The minimum absolute atomic E-state index is 0.139. The third-order valence-electron chi connectivity index (χ3n) is 10.2. The number of para-hydroxylation sites is 6. The number of rotatable bonds is 5. The SMILES string of the molecule is [2H]c1c([2H])c([2H])c2c(c1[2H])c1c([2H])c(-n3c4c([2H])c([2H])c([2H])c([2H])c4c4c([2H])c(-c5c([2H])c([2H])c([2H])c6c7c([2H])c([2H])c([2H])c([2H])c7n(-c7ccccc7-c7ccccc7)c56)c([2H])c([2H])c43)c([2H])c([2H])c1n2-c1ccccc1. The molecule has 0 N–H and O–H groups in total. The highest BCUT2D eigenvalue weighted by Gasteiger charge is 2.21. The van der Waals surface area contributed by atoms with Crippen molar-refractivity contribution in [3.63, 3.8) is 0 Å². The number of hydrogen-bond donors (Lipinski definition) is 0. The standard InChI is InChI=1S/C54H35N3/c1-3-16-36(17-4-1)40-20-7-11-26-48(40)57-51-29-14-8-21-42(51)45-25-15-24-41(54(45)57)37-30-32-52-46(34-37)43-22-9-13-28-50(43)56(52)39-31-33-53-47(35-39)44-23-10-12-27-49(44)55(53)38-18-5-2-6-19-38/h1-35H/i8D,9D,10D,12D,13D,14D,15D,21D,22D,23D,24D,25D,27D,28D,29D,30D,31D,32D,33D,34D,35D. The Hall–Kier alpha value is -7.62. The van der Waals surface area contributed by atoms with Gasteiger partial charge in [-0.05, 0) is 77.7 Å². The van der Waals surface area contributed by atoms with E-state index >= 15 is 0 Å². The molecule has 0 radical (unpaired) electrons. The maximum absolute atomic E-state index is 10.3. The number of fused-ring (bicyclic) bond motifs is 9. The van der Waals surface area contributed by atoms with Crippen molar-refractivity contribution in [3.05, 3.63) is 212 Å². The van der Waals surface area contributed by atoms with Gasteiger partial charge in [0.15, 0.2) is 0 Å². The van der Waals surface area contributed by atoms with Crippen LogP contribution in [0.25, 0.3) is 105 Å². The van der Waals surface area contributed by atoms with Crippen LogP contribution >= 0.6 is 0 Å². The lowest BCUT2D eigenvalue weighted by Gasteiger charge is -2.16. The lowest BCUT2D eigenvalue weighted by atomic mass is 9.99. The molecule has 3 nitrogen and oxygen atoms in total. The Bertz CT molecular complexity index is 4740. The van der Waals surface area contributed by atoms with Crippen LogP contribution < -0.4 is 0 Å². The molecule has 0 fully saturated rings. The van der Waals surface area contributed by atoms with Crippen molar-refractivity contribution in [1.29, 1.82) is 0 Å². The van der Waals surface area contributed by atoms with Gasteiger partial charge in [0.25, 0.3) is 0 Å². The Balaban J connectivity index is 1.31. The summed E-state index contributed by atoms with van der Waals surface area (Å²) in [5.74, 6) is 0. The molecule has 0 bridgehead atoms. The zero-order valence-electron chi connectivity index (χ0n) is 50.4. The van der Waals surface area contributed by atoms with Gasteiger partial charge in [0, 0.05) is 54.8 Å². The van der Waals surface area contributed by atoms with Crippen LogP contribution in [0.4, 0.5) is 0 Å². The highest BCUT2D eigenvalue weighted by atomic mass is 15.0. The van der Waals surface area contributed by atoms with E-state index in [0.717, 1.165) is 4.57 Å². The molecule has 3 aromatic heterocycles. The van der Waals surface area contributed by atoms with E-state index in [4.69, 9.17) is 11.0 Å². The number of hydrogen-bond acceptors (Lipinski definition) is 0. The normalized spacial score (nSPS) is 17.0. The van der Waals surface area contributed by atoms with Crippen molar-refractivity contribution >= 4 is 65.4 Å². The first-order valence-electron chi connectivity index (χ1n) is 28.4. The third kappa shape index (κ3) is 4.73. The van der Waals surface area contributed by atoms with E-state index in [9.17, 15) is 17.8 Å². The Kier molecular flexibility index (Phi) is 3.81. The van der Waals surface area contributed by atoms with Gasteiger partial charge < -0.3 is 13.7 Å². The molecule has 57 heavy (non-hydrogen) atoms.